The van der Waals surface area contributed by atoms with Crippen molar-refractivity contribution in [2.45, 2.75) is 19.9 Å². The number of imidazole rings is 1. The van der Waals surface area contributed by atoms with Gasteiger partial charge in [-0.15, -0.1) is 0 Å². The van der Waals surface area contributed by atoms with Crippen molar-refractivity contribution in [2.75, 3.05) is 0 Å². The molecule has 6 heteroatoms. The summed E-state index contributed by atoms with van der Waals surface area (Å²) in [6, 6.07) is 15.4. The molecule has 0 aliphatic rings. The van der Waals surface area contributed by atoms with Gasteiger partial charge < -0.3 is 10.3 Å². The highest BCUT2D eigenvalue weighted by molar-refractivity contribution is 6.05. The van der Waals surface area contributed by atoms with Gasteiger partial charge in [-0.2, -0.15) is 5.10 Å². The lowest BCUT2D eigenvalue weighted by molar-refractivity contribution is 0.0919. The molecule has 1 atom stereocenters. The molecule has 4 rings (SSSR count). The Morgan fingerprint density at radius 3 is 2.62 bits per heavy atom. The maximum Gasteiger partial charge on any atom is 0.273 e. The summed E-state index contributed by atoms with van der Waals surface area (Å²) in [5, 5.41) is 8.37. The molecule has 2 heterocycles. The Hall–Kier alpha value is -3.15. The number of nitrogens with zero attached hydrogens (tertiary/aromatic N) is 3. The van der Waals surface area contributed by atoms with Crippen LogP contribution in [0.25, 0.3) is 21.9 Å². The van der Waals surface area contributed by atoms with Crippen LogP contribution in [0.5, 0.6) is 0 Å². The quantitative estimate of drug-likeness (QED) is 0.592. The van der Waals surface area contributed by atoms with Gasteiger partial charge in [0.15, 0.2) is 5.69 Å². The van der Waals surface area contributed by atoms with E-state index in [9.17, 15) is 4.79 Å². The van der Waals surface area contributed by atoms with Crippen molar-refractivity contribution in [3.63, 3.8) is 0 Å². The Morgan fingerprint density at radius 1 is 1.12 bits per heavy atom. The molecular formula is C20H21N5O. The number of benzene rings is 2. The van der Waals surface area contributed by atoms with Crippen LogP contribution in [-0.2, 0) is 7.05 Å². The molecule has 0 radical (unpaired) electrons. The molecule has 1 amide bonds. The fourth-order valence-corrected chi connectivity index (χ4v) is 3.26. The highest BCUT2D eigenvalue weighted by atomic mass is 16.2. The Balaban J connectivity index is 1.69. The predicted octanol–water partition coefficient (Wildman–Crippen LogP) is 3.58. The summed E-state index contributed by atoms with van der Waals surface area (Å²) >= 11 is 0. The molecule has 26 heavy (non-hydrogen) atoms. The Bertz CT molecular complexity index is 1060. The zero-order chi connectivity index (χ0) is 18.3. The number of H-pyrrole nitrogens is 1. The molecule has 4 aromatic rings. The average molecular weight is 347 g/mol. The first kappa shape index (κ1) is 16.3. The number of hydrogen-bond acceptors (Lipinski definition) is 3. The van der Waals surface area contributed by atoms with Crippen LogP contribution in [0.2, 0.25) is 0 Å². The third-order valence-corrected chi connectivity index (χ3v) is 4.63. The van der Waals surface area contributed by atoms with E-state index in [0.29, 0.717) is 5.69 Å². The Morgan fingerprint density at radius 2 is 1.85 bits per heavy atom. The second-order valence-electron chi connectivity index (χ2n) is 6.82. The summed E-state index contributed by atoms with van der Waals surface area (Å²) in [4.78, 5) is 20.9. The van der Waals surface area contributed by atoms with Gasteiger partial charge in [-0.05, 0) is 24.1 Å². The molecule has 2 aromatic carbocycles. The molecule has 2 aromatic heterocycles. The van der Waals surface area contributed by atoms with Crippen LogP contribution in [0.4, 0.5) is 0 Å². The van der Waals surface area contributed by atoms with Crippen LogP contribution < -0.4 is 5.32 Å². The normalized spacial score (nSPS) is 12.8. The lowest BCUT2D eigenvalue weighted by Crippen LogP contribution is -2.33. The zero-order valence-corrected chi connectivity index (χ0v) is 15.0. The molecule has 6 nitrogen and oxygen atoms in total. The maximum atomic E-state index is 12.9. The lowest BCUT2D eigenvalue weighted by Gasteiger charge is -2.19. The van der Waals surface area contributed by atoms with Crippen LogP contribution in [0.15, 0.2) is 48.5 Å². The van der Waals surface area contributed by atoms with Gasteiger partial charge in [-0.1, -0.05) is 44.2 Å². The van der Waals surface area contributed by atoms with Crippen molar-refractivity contribution in [1.82, 2.24) is 25.1 Å². The summed E-state index contributed by atoms with van der Waals surface area (Å²) in [6.07, 6.45) is 0. The SMILES string of the molecule is CC(C)[C@H](NC(=O)c1nn(C)c2ccccc12)c1nc2ccccc2[nH]1. The van der Waals surface area contributed by atoms with Crippen molar-refractivity contribution in [3.05, 3.63) is 60.0 Å². The number of aromatic nitrogens is 4. The number of carbonyl (C=O) groups excluding carboxylic acids is 1. The largest absolute Gasteiger partial charge is 0.340 e. The molecule has 0 saturated heterocycles. The third-order valence-electron chi connectivity index (χ3n) is 4.63. The van der Waals surface area contributed by atoms with E-state index < -0.39 is 0 Å². The molecule has 0 saturated carbocycles. The minimum absolute atomic E-state index is 0.175. The predicted molar refractivity (Wildman–Crippen MR) is 102 cm³/mol. The molecule has 2 N–H and O–H groups in total. The summed E-state index contributed by atoms with van der Waals surface area (Å²) < 4.78 is 1.73. The molecular weight excluding hydrogens is 326 g/mol. The number of rotatable bonds is 4. The van der Waals surface area contributed by atoms with Gasteiger partial charge in [-0.3, -0.25) is 9.48 Å². The van der Waals surface area contributed by atoms with Crippen LogP contribution in [0, 0.1) is 5.92 Å². The van der Waals surface area contributed by atoms with Gasteiger partial charge >= 0.3 is 0 Å². The highest BCUT2D eigenvalue weighted by Crippen LogP contribution is 2.24. The first-order valence-corrected chi connectivity index (χ1v) is 8.72. The standard InChI is InChI=1S/C20H21N5O/c1-12(2)17(19-21-14-9-5-6-10-15(14)22-19)23-20(26)18-13-8-4-7-11-16(13)25(3)24-18/h4-12,17H,1-3H3,(H,21,22)(H,23,26)/t17-/m0/s1. The van der Waals surface area contributed by atoms with Crippen molar-refractivity contribution >= 4 is 27.8 Å². The van der Waals surface area contributed by atoms with E-state index in [1.165, 1.54) is 0 Å². The summed E-state index contributed by atoms with van der Waals surface area (Å²) in [7, 11) is 1.85. The average Bonchev–Trinajstić information content (AvgIpc) is 3.21. The molecule has 0 spiro atoms. The molecule has 0 fully saturated rings. The van der Waals surface area contributed by atoms with Gasteiger partial charge in [0.2, 0.25) is 0 Å². The van der Waals surface area contributed by atoms with Gasteiger partial charge in [0.05, 0.1) is 22.6 Å². The molecule has 0 unspecified atom stereocenters. The van der Waals surface area contributed by atoms with Crippen molar-refractivity contribution < 1.29 is 4.79 Å². The van der Waals surface area contributed by atoms with Gasteiger partial charge in [0, 0.05) is 12.4 Å². The van der Waals surface area contributed by atoms with Crippen molar-refractivity contribution in [1.29, 1.82) is 0 Å². The van der Waals surface area contributed by atoms with Crippen LogP contribution >= 0.6 is 0 Å². The minimum Gasteiger partial charge on any atom is -0.340 e. The number of nitrogens with one attached hydrogen (secondary N) is 2. The summed E-state index contributed by atoms with van der Waals surface area (Å²) in [6.45, 7) is 4.13. The number of hydrogen-bond donors (Lipinski definition) is 2. The van der Waals surface area contributed by atoms with E-state index in [-0.39, 0.29) is 17.9 Å². The monoisotopic (exact) mass is 347 g/mol. The van der Waals surface area contributed by atoms with Crippen LogP contribution in [0.1, 0.15) is 36.2 Å². The van der Waals surface area contributed by atoms with Gasteiger partial charge in [0.1, 0.15) is 5.82 Å². The lowest BCUT2D eigenvalue weighted by atomic mass is 10.0. The number of para-hydroxylation sites is 3. The number of carbonyl (C=O) groups is 1. The molecule has 0 bridgehead atoms. The van der Waals surface area contributed by atoms with E-state index in [4.69, 9.17) is 0 Å². The smallest absolute Gasteiger partial charge is 0.273 e. The summed E-state index contributed by atoms with van der Waals surface area (Å²) in [5.41, 5.74) is 3.23. The fourth-order valence-electron chi connectivity index (χ4n) is 3.26. The van der Waals surface area contributed by atoms with E-state index >= 15 is 0 Å². The zero-order valence-electron chi connectivity index (χ0n) is 15.0. The second kappa shape index (κ2) is 6.29. The first-order chi connectivity index (χ1) is 12.5. The maximum absolute atomic E-state index is 12.9. The minimum atomic E-state index is -0.226. The van der Waals surface area contributed by atoms with Gasteiger partial charge in [-0.25, -0.2) is 4.98 Å². The van der Waals surface area contributed by atoms with Gasteiger partial charge in [0.25, 0.3) is 5.91 Å². The summed E-state index contributed by atoms with van der Waals surface area (Å²) in [5.74, 6) is 0.741. The van der Waals surface area contributed by atoms with Crippen molar-refractivity contribution in [3.8, 4) is 0 Å². The molecule has 0 aliphatic heterocycles. The number of aryl methyl sites for hydroxylation is 1. The van der Waals surface area contributed by atoms with E-state index in [2.05, 4.69) is 34.2 Å². The second-order valence-corrected chi connectivity index (χ2v) is 6.82. The van der Waals surface area contributed by atoms with E-state index in [0.717, 1.165) is 27.8 Å². The van der Waals surface area contributed by atoms with E-state index in [1.807, 2.05) is 55.6 Å². The first-order valence-electron chi connectivity index (χ1n) is 8.72. The number of fused-ring (bicyclic) bond motifs is 2. The highest BCUT2D eigenvalue weighted by Gasteiger charge is 2.24. The Kier molecular flexibility index (Phi) is 3.95. The third kappa shape index (κ3) is 2.73. The van der Waals surface area contributed by atoms with Crippen molar-refractivity contribution in [2.24, 2.45) is 13.0 Å². The Labute approximate surface area is 151 Å². The molecule has 0 aliphatic carbocycles. The number of amides is 1. The van der Waals surface area contributed by atoms with Crippen LogP contribution in [0.3, 0.4) is 0 Å². The fraction of sp³-hybridized carbons (Fsp3) is 0.250. The topological polar surface area (TPSA) is 75.6 Å². The molecule has 132 valence electrons. The number of aromatic amines is 1. The van der Waals surface area contributed by atoms with E-state index in [1.54, 1.807) is 4.68 Å². The van der Waals surface area contributed by atoms with Crippen LogP contribution in [-0.4, -0.2) is 25.7 Å².